The Bertz CT molecular complexity index is 1050. The van der Waals surface area contributed by atoms with Crippen LogP contribution in [0.5, 0.6) is 0 Å². The minimum absolute atomic E-state index is 0.342. The molecule has 0 radical (unpaired) electrons. The largest absolute Gasteiger partial charge is 0.287 e. The highest BCUT2D eigenvalue weighted by atomic mass is 32.2. The molecular weight excluding hydrogens is 685 g/mol. The number of fused-ring (bicyclic) bond motifs is 1. The van der Waals surface area contributed by atoms with Gasteiger partial charge in [-0.1, -0.05) is 188 Å². The van der Waals surface area contributed by atoms with E-state index < -0.39 is 0 Å². The summed E-state index contributed by atoms with van der Waals surface area (Å²) in [5.74, 6) is 8.93. The Hall–Kier alpha value is 0.0200. The normalized spacial score (nSPS) is 39.3. The van der Waals surface area contributed by atoms with Crippen molar-refractivity contribution >= 4 is 16.9 Å². The van der Waals surface area contributed by atoms with E-state index in [-0.39, 0.29) is 0 Å². The number of hydrogen-bond acceptors (Lipinski definition) is 2. The molecule has 0 bridgehead atoms. The molecule has 0 aromatic carbocycles. The average molecular weight is 781 g/mol. The number of carbonyl (C=O) groups is 1. The summed E-state index contributed by atoms with van der Waals surface area (Å²) >= 11 is 1.61. The van der Waals surface area contributed by atoms with E-state index in [1.807, 2.05) is 0 Å². The fraction of sp³-hybridized carbons (Fsp3) is 0.981. The molecule has 11 unspecified atom stereocenters. The molecule has 320 valence electrons. The fourth-order valence-corrected chi connectivity index (χ4v) is 15.2. The molecule has 11 atom stereocenters. The van der Waals surface area contributed by atoms with Gasteiger partial charge in [0.1, 0.15) is 0 Å². The number of unbranched alkanes of at least 4 members (excludes halogenated alkanes) is 3. The van der Waals surface area contributed by atoms with E-state index in [4.69, 9.17) is 0 Å². The maximum Gasteiger partial charge on any atom is 0.192 e. The van der Waals surface area contributed by atoms with E-state index in [0.29, 0.717) is 21.9 Å². The highest BCUT2D eigenvalue weighted by Gasteiger charge is 2.39. The van der Waals surface area contributed by atoms with E-state index in [1.165, 1.54) is 218 Å². The molecule has 0 aromatic rings. The Morgan fingerprint density at radius 2 is 1.31 bits per heavy atom. The lowest BCUT2D eigenvalue weighted by Crippen LogP contribution is -2.30. The van der Waals surface area contributed by atoms with Crippen molar-refractivity contribution in [3.8, 4) is 0 Å². The van der Waals surface area contributed by atoms with E-state index in [9.17, 15) is 4.79 Å². The molecule has 5 fully saturated rings. The van der Waals surface area contributed by atoms with Crippen LogP contribution in [-0.4, -0.2) is 10.9 Å². The molecule has 0 amide bonds. The standard InChI is InChI=1S/C53H96OS/c1-6-8-9-17-34-53(41-44-24-20-28-48(40-44)51(54)55-7-2)35-18-15-26-46-25-12-10-11-23-43(4)49(50(46)30-16-19-36-53)32-38-52(5)33-21-29-45(31-37-52)47-27-14-13-22-42(3)39-47/h42-50H,6-41H2,1-5H3. The molecule has 1 nitrogen and oxygen atoms in total. The van der Waals surface area contributed by atoms with Gasteiger partial charge in [-0.15, -0.1) is 0 Å². The first kappa shape index (κ1) is 46.1. The zero-order chi connectivity index (χ0) is 38.9. The van der Waals surface area contributed by atoms with Crippen molar-refractivity contribution in [1.82, 2.24) is 0 Å². The third-order valence-electron chi connectivity index (χ3n) is 17.8. The van der Waals surface area contributed by atoms with Crippen LogP contribution >= 0.6 is 11.8 Å². The van der Waals surface area contributed by atoms with Crippen molar-refractivity contribution < 1.29 is 4.79 Å². The van der Waals surface area contributed by atoms with Gasteiger partial charge in [0.25, 0.3) is 0 Å². The summed E-state index contributed by atoms with van der Waals surface area (Å²) in [7, 11) is 0. The van der Waals surface area contributed by atoms with Crippen LogP contribution in [0.3, 0.4) is 0 Å². The quantitative estimate of drug-likeness (QED) is 0.137. The average Bonchev–Trinajstić information content (AvgIpc) is 3.50. The van der Waals surface area contributed by atoms with Gasteiger partial charge in [-0.2, -0.15) is 0 Å². The number of rotatable bonds is 13. The number of carbonyl (C=O) groups excluding carboxylic acids is 1. The monoisotopic (exact) mass is 781 g/mol. The van der Waals surface area contributed by atoms with Crippen molar-refractivity contribution in [2.45, 2.75) is 259 Å². The SMILES string of the molecule is CCCCCCC1(CC2CCCC(C(=O)SCC)C2)CCCCC2CCCCCC(C)C(CCC3(C)CCCC(C4CCCCC(C)C4)CC3)C2CCCC1. The molecule has 5 saturated carbocycles. The molecule has 0 aromatic heterocycles. The summed E-state index contributed by atoms with van der Waals surface area (Å²) in [6, 6.07) is 0. The summed E-state index contributed by atoms with van der Waals surface area (Å²) in [5.41, 5.74) is 1.12. The van der Waals surface area contributed by atoms with Gasteiger partial charge in [0.05, 0.1) is 0 Å². The first-order chi connectivity index (χ1) is 26.7. The lowest BCUT2D eigenvalue weighted by atomic mass is 9.65. The molecule has 0 N–H and O–H groups in total. The van der Waals surface area contributed by atoms with Crippen molar-refractivity contribution in [3.63, 3.8) is 0 Å². The van der Waals surface area contributed by atoms with Crippen LogP contribution in [0.2, 0.25) is 0 Å². The molecule has 0 saturated heterocycles. The Morgan fingerprint density at radius 1 is 0.600 bits per heavy atom. The molecule has 5 aliphatic carbocycles. The van der Waals surface area contributed by atoms with Crippen LogP contribution in [0.25, 0.3) is 0 Å². The number of hydrogen-bond donors (Lipinski definition) is 0. The predicted octanol–water partition coefficient (Wildman–Crippen LogP) is 17.6. The highest BCUT2D eigenvalue weighted by molar-refractivity contribution is 8.13. The maximum absolute atomic E-state index is 13.1. The third-order valence-corrected chi connectivity index (χ3v) is 18.7. The lowest BCUT2D eigenvalue weighted by molar-refractivity contribution is -0.115. The topological polar surface area (TPSA) is 17.1 Å². The molecule has 5 rings (SSSR count). The van der Waals surface area contributed by atoms with Gasteiger partial charge in [0, 0.05) is 5.92 Å². The second-order valence-corrected chi connectivity index (χ2v) is 23.4. The van der Waals surface area contributed by atoms with Crippen molar-refractivity contribution in [1.29, 1.82) is 0 Å². The molecular formula is C53H96OS. The lowest BCUT2D eigenvalue weighted by Gasteiger charge is -2.40. The molecule has 0 heterocycles. The number of thioether (sulfide) groups is 1. The van der Waals surface area contributed by atoms with Crippen LogP contribution in [0.1, 0.15) is 259 Å². The van der Waals surface area contributed by atoms with Gasteiger partial charge in [-0.3, -0.25) is 4.79 Å². The van der Waals surface area contributed by atoms with Crippen LogP contribution in [-0.2, 0) is 4.79 Å². The van der Waals surface area contributed by atoms with Crippen molar-refractivity contribution in [2.24, 2.45) is 64.1 Å². The Balaban J connectivity index is 1.25. The van der Waals surface area contributed by atoms with Gasteiger partial charge < -0.3 is 0 Å². The first-order valence-corrected chi connectivity index (χ1v) is 26.9. The second kappa shape index (κ2) is 24.3. The van der Waals surface area contributed by atoms with E-state index in [2.05, 4.69) is 34.6 Å². The van der Waals surface area contributed by atoms with E-state index >= 15 is 0 Å². The fourth-order valence-electron chi connectivity index (χ4n) is 14.4. The third kappa shape index (κ3) is 14.9. The molecule has 0 spiro atoms. The van der Waals surface area contributed by atoms with E-state index in [0.717, 1.165) is 59.5 Å². The Kier molecular flexibility index (Phi) is 20.4. The van der Waals surface area contributed by atoms with Crippen molar-refractivity contribution in [3.05, 3.63) is 0 Å². The first-order valence-electron chi connectivity index (χ1n) is 25.9. The predicted molar refractivity (Wildman–Crippen MR) is 244 cm³/mol. The molecule has 0 aliphatic heterocycles. The van der Waals surface area contributed by atoms with Crippen molar-refractivity contribution in [2.75, 3.05) is 5.75 Å². The minimum Gasteiger partial charge on any atom is -0.287 e. The van der Waals surface area contributed by atoms with Crippen LogP contribution in [0.15, 0.2) is 0 Å². The van der Waals surface area contributed by atoms with Gasteiger partial charge in [0.15, 0.2) is 5.12 Å². The van der Waals surface area contributed by atoms with E-state index in [1.54, 1.807) is 11.8 Å². The zero-order valence-corrected chi connectivity index (χ0v) is 38.8. The summed E-state index contributed by atoms with van der Waals surface area (Å²) in [6.07, 6.45) is 51.2. The van der Waals surface area contributed by atoms with Gasteiger partial charge in [0.2, 0.25) is 0 Å². The van der Waals surface area contributed by atoms with Crippen LogP contribution < -0.4 is 0 Å². The zero-order valence-electron chi connectivity index (χ0n) is 38.0. The molecule has 5 aliphatic rings. The summed E-state index contributed by atoms with van der Waals surface area (Å²) < 4.78 is 0. The summed E-state index contributed by atoms with van der Waals surface area (Å²) in [5, 5.41) is 0.516. The summed E-state index contributed by atoms with van der Waals surface area (Å²) in [4.78, 5) is 13.1. The Morgan fingerprint density at radius 3 is 2.11 bits per heavy atom. The smallest absolute Gasteiger partial charge is 0.192 e. The van der Waals surface area contributed by atoms with Gasteiger partial charge in [-0.05, 0) is 147 Å². The highest BCUT2D eigenvalue weighted by Crippen LogP contribution is 2.51. The maximum atomic E-state index is 13.1. The van der Waals surface area contributed by atoms with Gasteiger partial charge in [-0.25, -0.2) is 0 Å². The second-order valence-electron chi connectivity index (χ2n) is 22.1. The van der Waals surface area contributed by atoms with Gasteiger partial charge >= 0.3 is 0 Å². The van der Waals surface area contributed by atoms with Crippen LogP contribution in [0, 0.1) is 64.1 Å². The minimum atomic E-state index is 0.342. The summed E-state index contributed by atoms with van der Waals surface area (Å²) in [6.45, 7) is 12.6. The van der Waals surface area contributed by atoms with Crippen LogP contribution in [0.4, 0.5) is 0 Å². The Labute approximate surface area is 349 Å². The molecule has 2 heteroatoms. The molecule has 55 heavy (non-hydrogen) atoms.